The maximum atomic E-state index is 12.4. The molecule has 2 aromatic carbocycles. The van der Waals surface area contributed by atoms with Crippen molar-refractivity contribution in [3.8, 4) is 22.8 Å². The second-order valence-corrected chi connectivity index (χ2v) is 6.50. The maximum Gasteiger partial charge on any atom is 0.251 e. The SMILES string of the molecule is COc1ccc(-c2cc(CNC(=O)c3ccc(OC(C)C)cc3)ncn2)cc1. The van der Waals surface area contributed by atoms with Gasteiger partial charge >= 0.3 is 0 Å². The van der Waals surface area contributed by atoms with Gasteiger partial charge in [-0.1, -0.05) is 0 Å². The number of nitrogens with zero attached hydrogens (tertiary/aromatic N) is 2. The van der Waals surface area contributed by atoms with Crippen molar-refractivity contribution in [3.63, 3.8) is 0 Å². The standard InChI is InChI=1S/C22H23N3O3/c1-15(2)28-20-10-6-17(7-11-20)22(26)23-13-18-12-21(25-14-24-18)16-4-8-19(27-3)9-5-16/h4-12,14-15H,13H2,1-3H3,(H,23,26). The molecule has 0 bridgehead atoms. The van der Waals surface area contributed by atoms with Gasteiger partial charge in [0.05, 0.1) is 31.1 Å². The van der Waals surface area contributed by atoms with Gasteiger partial charge in [0, 0.05) is 11.1 Å². The number of carbonyl (C=O) groups excluding carboxylic acids is 1. The van der Waals surface area contributed by atoms with Crippen molar-refractivity contribution in [1.82, 2.24) is 15.3 Å². The Morgan fingerprint density at radius 1 is 1.00 bits per heavy atom. The Morgan fingerprint density at radius 3 is 2.32 bits per heavy atom. The zero-order valence-corrected chi connectivity index (χ0v) is 16.2. The minimum absolute atomic E-state index is 0.0948. The van der Waals surface area contributed by atoms with Crippen LogP contribution in [0, 0.1) is 0 Å². The first kappa shape index (κ1) is 19.4. The van der Waals surface area contributed by atoms with Gasteiger partial charge in [0.1, 0.15) is 17.8 Å². The average Bonchev–Trinajstić information content (AvgIpc) is 2.72. The van der Waals surface area contributed by atoms with Crippen LogP contribution in [0.4, 0.5) is 0 Å². The Kier molecular flexibility index (Phi) is 6.22. The molecule has 0 atom stereocenters. The lowest BCUT2D eigenvalue weighted by atomic mass is 10.1. The van der Waals surface area contributed by atoms with E-state index in [2.05, 4.69) is 15.3 Å². The fraction of sp³-hybridized carbons (Fsp3) is 0.227. The van der Waals surface area contributed by atoms with E-state index in [1.807, 2.05) is 44.2 Å². The first-order chi connectivity index (χ1) is 13.5. The van der Waals surface area contributed by atoms with E-state index in [1.54, 1.807) is 31.4 Å². The number of methoxy groups -OCH3 is 1. The number of amides is 1. The van der Waals surface area contributed by atoms with Crippen molar-refractivity contribution in [2.75, 3.05) is 7.11 Å². The molecule has 0 fully saturated rings. The summed E-state index contributed by atoms with van der Waals surface area (Å²) in [6.45, 7) is 4.24. The highest BCUT2D eigenvalue weighted by atomic mass is 16.5. The summed E-state index contributed by atoms with van der Waals surface area (Å²) in [5.41, 5.74) is 3.04. The van der Waals surface area contributed by atoms with E-state index < -0.39 is 0 Å². The summed E-state index contributed by atoms with van der Waals surface area (Å²) in [5, 5.41) is 2.88. The van der Waals surface area contributed by atoms with Crippen LogP contribution in [-0.4, -0.2) is 29.1 Å². The van der Waals surface area contributed by atoms with E-state index in [1.165, 1.54) is 6.33 Å². The molecule has 0 saturated carbocycles. The molecule has 1 heterocycles. The Bertz CT molecular complexity index is 923. The first-order valence-corrected chi connectivity index (χ1v) is 9.05. The molecule has 0 aliphatic rings. The summed E-state index contributed by atoms with van der Waals surface area (Å²) in [6.07, 6.45) is 1.59. The molecule has 1 N–H and O–H groups in total. The van der Waals surface area contributed by atoms with Crippen LogP contribution >= 0.6 is 0 Å². The second-order valence-electron chi connectivity index (χ2n) is 6.50. The summed E-state index contributed by atoms with van der Waals surface area (Å²) in [6, 6.07) is 16.6. The van der Waals surface area contributed by atoms with Crippen molar-refractivity contribution in [2.45, 2.75) is 26.5 Å². The Labute approximate surface area is 164 Å². The summed E-state index contributed by atoms with van der Waals surface area (Å²) >= 11 is 0. The molecular formula is C22H23N3O3. The number of ether oxygens (including phenoxy) is 2. The van der Waals surface area contributed by atoms with Crippen molar-refractivity contribution in [1.29, 1.82) is 0 Å². The molecule has 6 nitrogen and oxygen atoms in total. The van der Waals surface area contributed by atoms with Crippen LogP contribution in [0.25, 0.3) is 11.3 Å². The number of carbonyl (C=O) groups is 1. The molecule has 28 heavy (non-hydrogen) atoms. The van der Waals surface area contributed by atoms with E-state index in [0.29, 0.717) is 12.1 Å². The van der Waals surface area contributed by atoms with E-state index >= 15 is 0 Å². The largest absolute Gasteiger partial charge is 0.497 e. The van der Waals surface area contributed by atoms with Gasteiger partial charge in [-0.15, -0.1) is 0 Å². The van der Waals surface area contributed by atoms with E-state index in [0.717, 1.165) is 28.5 Å². The molecule has 0 unspecified atom stereocenters. The lowest BCUT2D eigenvalue weighted by Gasteiger charge is -2.10. The van der Waals surface area contributed by atoms with Gasteiger partial charge in [0.15, 0.2) is 0 Å². The normalized spacial score (nSPS) is 10.6. The third-order valence-corrected chi connectivity index (χ3v) is 4.03. The Hall–Kier alpha value is -3.41. The molecule has 0 spiro atoms. The number of rotatable bonds is 7. The fourth-order valence-corrected chi connectivity index (χ4v) is 2.64. The van der Waals surface area contributed by atoms with Gasteiger partial charge in [0.25, 0.3) is 5.91 Å². The van der Waals surface area contributed by atoms with Crippen molar-refractivity contribution in [2.24, 2.45) is 0 Å². The number of hydrogen-bond donors (Lipinski definition) is 1. The second kappa shape index (κ2) is 8.99. The van der Waals surface area contributed by atoms with Crippen LogP contribution in [0.15, 0.2) is 60.9 Å². The summed E-state index contributed by atoms with van der Waals surface area (Å²) < 4.78 is 10.8. The highest BCUT2D eigenvalue weighted by Crippen LogP contribution is 2.20. The molecule has 0 aliphatic carbocycles. The maximum absolute atomic E-state index is 12.4. The quantitative estimate of drug-likeness (QED) is 0.677. The summed E-state index contributed by atoms with van der Waals surface area (Å²) in [5.74, 6) is 1.36. The molecule has 1 amide bonds. The predicted molar refractivity (Wildman–Crippen MR) is 107 cm³/mol. The first-order valence-electron chi connectivity index (χ1n) is 9.05. The van der Waals surface area contributed by atoms with Crippen LogP contribution in [0.2, 0.25) is 0 Å². The molecule has 0 aliphatic heterocycles. The van der Waals surface area contributed by atoms with Crippen LogP contribution in [-0.2, 0) is 6.54 Å². The van der Waals surface area contributed by atoms with Crippen molar-refractivity contribution >= 4 is 5.91 Å². The van der Waals surface area contributed by atoms with Gasteiger partial charge in [-0.2, -0.15) is 0 Å². The van der Waals surface area contributed by atoms with Crippen LogP contribution in [0.5, 0.6) is 11.5 Å². The van der Waals surface area contributed by atoms with E-state index in [9.17, 15) is 4.79 Å². The number of hydrogen-bond acceptors (Lipinski definition) is 5. The Morgan fingerprint density at radius 2 is 1.68 bits per heavy atom. The highest BCUT2D eigenvalue weighted by Gasteiger charge is 2.08. The lowest BCUT2D eigenvalue weighted by Crippen LogP contribution is -2.23. The Balaban J connectivity index is 1.63. The fourth-order valence-electron chi connectivity index (χ4n) is 2.64. The minimum atomic E-state index is -0.166. The van der Waals surface area contributed by atoms with Crippen molar-refractivity contribution < 1.29 is 14.3 Å². The molecule has 144 valence electrons. The average molecular weight is 377 g/mol. The predicted octanol–water partition coefficient (Wildman–Crippen LogP) is 3.87. The van der Waals surface area contributed by atoms with Gasteiger partial charge in [0.2, 0.25) is 0 Å². The van der Waals surface area contributed by atoms with Crippen molar-refractivity contribution in [3.05, 3.63) is 72.2 Å². The third-order valence-electron chi connectivity index (χ3n) is 4.03. The monoisotopic (exact) mass is 377 g/mol. The number of nitrogens with one attached hydrogen (secondary N) is 1. The van der Waals surface area contributed by atoms with Gasteiger partial charge in [-0.05, 0) is 68.4 Å². The zero-order valence-electron chi connectivity index (χ0n) is 16.2. The minimum Gasteiger partial charge on any atom is -0.497 e. The van der Waals surface area contributed by atoms with Crippen LogP contribution in [0.3, 0.4) is 0 Å². The molecule has 3 rings (SSSR count). The summed E-state index contributed by atoms with van der Waals surface area (Å²) in [4.78, 5) is 20.9. The molecule has 0 radical (unpaired) electrons. The number of benzene rings is 2. The third kappa shape index (κ3) is 5.07. The van der Waals surface area contributed by atoms with Gasteiger partial charge in [-0.25, -0.2) is 9.97 Å². The topological polar surface area (TPSA) is 73.3 Å². The van der Waals surface area contributed by atoms with Crippen LogP contribution < -0.4 is 14.8 Å². The van der Waals surface area contributed by atoms with Gasteiger partial charge in [-0.3, -0.25) is 4.79 Å². The molecule has 1 aromatic heterocycles. The summed E-state index contributed by atoms with van der Waals surface area (Å²) in [7, 11) is 1.63. The number of aromatic nitrogens is 2. The molecule has 0 saturated heterocycles. The molecule has 3 aromatic rings. The van der Waals surface area contributed by atoms with E-state index in [4.69, 9.17) is 9.47 Å². The van der Waals surface area contributed by atoms with Gasteiger partial charge < -0.3 is 14.8 Å². The molecular weight excluding hydrogens is 354 g/mol. The van der Waals surface area contributed by atoms with E-state index in [-0.39, 0.29) is 12.0 Å². The smallest absolute Gasteiger partial charge is 0.251 e. The zero-order chi connectivity index (χ0) is 19.9. The van der Waals surface area contributed by atoms with Crippen LogP contribution in [0.1, 0.15) is 29.9 Å². The lowest BCUT2D eigenvalue weighted by molar-refractivity contribution is 0.0950. The highest BCUT2D eigenvalue weighted by molar-refractivity contribution is 5.94. The molecule has 6 heteroatoms.